The molecule has 0 aliphatic rings. The summed E-state index contributed by atoms with van der Waals surface area (Å²) in [6.07, 6.45) is 0. The Balaban J connectivity index is 2.12. The Morgan fingerprint density at radius 2 is 1.63 bits per heavy atom. The number of benzene rings is 2. The number of para-hydroxylation sites is 1. The van der Waals surface area contributed by atoms with Crippen LogP contribution in [0.15, 0.2) is 53.0 Å². The van der Waals surface area contributed by atoms with Gasteiger partial charge in [-0.25, -0.2) is 0 Å². The summed E-state index contributed by atoms with van der Waals surface area (Å²) in [6.45, 7) is 2.17. The fraction of sp³-hybridized carbons (Fsp3) is 0.250. The molecule has 2 aromatic carbocycles. The van der Waals surface area contributed by atoms with E-state index in [1.165, 1.54) is 11.3 Å². The first-order valence-corrected chi connectivity index (χ1v) is 7.15. The van der Waals surface area contributed by atoms with Crippen LogP contribution in [0.4, 0.5) is 11.4 Å². The van der Waals surface area contributed by atoms with Crippen LogP contribution in [0.3, 0.4) is 0 Å². The first kappa shape index (κ1) is 13.9. The predicted molar refractivity (Wildman–Crippen MR) is 86.9 cm³/mol. The van der Waals surface area contributed by atoms with E-state index >= 15 is 0 Å². The number of anilines is 2. The van der Waals surface area contributed by atoms with Gasteiger partial charge in [0.15, 0.2) is 0 Å². The van der Waals surface area contributed by atoms with Crippen LogP contribution in [-0.4, -0.2) is 14.1 Å². The minimum Gasteiger partial charge on any atom is -0.378 e. The lowest BCUT2D eigenvalue weighted by atomic mass is 10.1. The summed E-state index contributed by atoms with van der Waals surface area (Å²) < 4.78 is 1.09. The van der Waals surface area contributed by atoms with Crippen molar-refractivity contribution < 1.29 is 0 Å². The molecule has 0 fully saturated rings. The minimum absolute atomic E-state index is 0.273. The van der Waals surface area contributed by atoms with Gasteiger partial charge >= 0.3 is 0 Å². The Bertz CT molecular complexity index is 535. The molecule has 3 heteroatoms. The SMILES string of the molecule is CC(Nc1ccccc1Br)c1ccc(N(C)C)cc1. The van der Waals surface area contributed by atoms with E-state index in [1.807, 2.05) is 18.2 Å². The highest BCUT2D eigenvalue weighted by molar-refractivity contribution is 9.10. The van der Waals surface area contributed by atoms with Gasteiger partial charge in [0.2, 0.25) is 0 Å². The summed E-state index contributed by atoms with van der Waals surface area (Å²) in [5.41, 5.74) is 3.62. The van der Waals surface area contributed by atoms with Crippen LogP contribution in [0.25, 0.3) is 0 Å². The lowest BCUT2D eigenvalue weighted by Crippen LogP contribution is -2.10. The van der Waals surface area contributed by atoms with Crippen molar-refractivity contribution in [3.8, 4) is 0 Å². The average molecular weight is 319 g/mol. The quantitative estimate of drug-likeness (QED) is 0.879. The van der Waals surface area contributed by atoms with Crippen molar-refractivity contribution in [3.63, 3.8) is 0 Å². The maximum absolute atomic E-state index is 3.56. The molecule has 0 amide bonds. The number of rotatable bonds is 4. The smallest absolute Gasteiger partial charge is 0.0489 e. The summed E-state index contributed by atoms with van der Waals surface area (Å²) in [7, 11) is 4.11. The van der Waals surface area contributed by atoms with Crippen molar-refractivity contribution in [3.05, 3.63) is 58.6 Å². The highest BCUT2D eigenvalue weighted by atomic mass is 79.9. The Kier molecular flexibility index (Phi) is 4.48. The van der Waals surface area contributed by atoms with Gasteiger partial charge in [-0.1, -0.05) is 24.3 Å². The zero-order valence-corrected chi connectivity index (χ0v) is 13.1. The van der Waals surface area contributed by atoms with Crippen LogP contribution in [0, 0.1) is 0 Å². The third-order valence-electron chi connectivity index (χ3n) is 3.16. The molecule has 0 saturated carbocycles. The first-order chi connectivity index (χ1) is 9.08. The zero-order chi connectivity index (χ0) is 13.8. The molecule has 2 rings (SSSR count). The number of hydrogen-bond acceptors (Lipinski definition) is 2. The molecule has 19 heavy (non-hydrogen) atoms. The van der Waals surface area contributed by atoms with Gasteiger partial charge in [0.05, 0.1) is 0 Å². The second-order valence-corrected chi connectivity index (χ2v) is 5.69. The first-order valence-electron chi connectivity index (χ1n) is 6.36. The van der Waals surface area contributed by atoms with E-state index in [0.717, 1.165) is 10.2 Å². The third-order valence-corrected chi connectivity index (χ3v) is 3.85. The van der Waals surface area contributed by atoms with Crippen molar-refractivity contribution in [2.24, 2.45) is 0 Å². The lowest BCUT2D eigenvalue weighted by Gasteiger charge is -2.18. The van der Waals surface area contributed by atoms with E-state index in [4.69, 9.17) is 0 Å². The molecule has 0 aliphatic carbocycles. The van der Waals surface area contributed by atoms with Crippen molar-refractivity contribution in [1.29, 1.82) is 0 Å². The summed E-state index contributed by atoms with van der Waals surface area (Å²) >= 11 is 3.56. The van der Waals surface area contributed by atoms with E-state index < -0.39 is 0 Å². The van der Waals surface area contributed by atoms with Crippen LogP contribution >= 0.6 is 15.9 Å². The number of nitrogens with one attached hydrogen (secondary N) is 1. The van der Waals surface area contributed by atoms with Crippen LogP contribution in [0.5, 0.6) is 0 Å². The molecule has 0 radical (unpaired) electrons. The van der Waals surface area contributed by atoms with Gasteiger partial charge in [-0.2, -0.15) is 0 Å². The molecule has 0 aromatic heterocycles. The molecule has 100 valence electrons. The topological polar surface area (TPSA) is 15.3 Å². The average Bonchev–Trinajstić information content (AvgIpc) is 2.41. The molecule has 1 atom stereocenters. The summed E-state index contributed by atoms with van der Waals surface area (Å²) in [6, 6.07) is 17.1. The largest absolute Gasteiger partial charge is 0.378 e. The molecular formula is C16H19BrN2. The van der Waals surface area contributed by atoms with Crippen molar-refractivity contribution >= 4 is 27.3 Å². The van der Waals surface area contributed by atoms with E-state index in [-0.39, 0.29) is 6.04 Å². The van der Waals surface area contributed by atoms with Crippen LogP contribution in [0.2, 0.25) is 0 Å². The van der Waals surface area contributed by atoms with Gasteiger partial charge in [0.25, 0.3) is 0 Å². The van der Waals surface area contributed by atoms with Gasteiger partial charge in [-0.15, -0.1) is 0 Å². The zero-order valence-electron chi connectivity index (χ0n) is 11.5. The Labute approximate surface area is 123 Å². The number of nitrogens with zero attached hydrogens (tertiary/aromatic N) is 1. The maximum atomic E-state index is 3.56. The van der Waals surface area contributed by atoms with Crippen molar-refractivity contribution in [1.82, 2.24) is 0 Å². The van der Waals surface area contributed by atoms with E-state index in [2.05, 4.69) is 77.5 Å². The molecule has 0 heterocycles. The Morgan fingerprint density at radius 1 is 1.00 bits per heavy atom. The van der Waals surface area contributed by atoms with Crippen molar-refractivity contribution in [2.45, 2.75) is 13.0 Å². The molecule has 1 unspecified atom stereocenters. The molecule has 0 aliphatic heterocycles. The summed E-state index contributed by atoms with van der Waals surface area (Å²) in [5, 5.41) is 3.51. The fourth-order valence-electron chi connectivity index (χ4n) is 1.96. The molecular weight excluding hydrogens is 300 g/mol. The standard InChI is InChI=1S/C16H19BrN2/c1-12(18-16-7-5-4-6-15(16)17)13-8-10-14(11-9-13)19(2)3/h4-12,18H,1-3H3. The molecule has 0 spiro atoms. The van der Waals surface area contributed by atoms with E-state index in [1.54, 1.807) is 0 Å². The van der Waals surface area contributed by atoms with Crippen LogP contribution in [0.1, 0.15) is 18.5 Å². The second-order valence-electron chi connectivity index (χ2n) is 4.83. The minimum atomic E-state index is 0.273. The monoisotopic (exact) mass is 318 g/mol. The highest BCUT2D eigenvalue weighted by Gasteiger charge is 2.07. The molecule has 0 saturated heterocycles. The van der Waals surface area contributed by atoms with Gasteiger partial charge in [0.1, 0.15) is 0 Å². The maximum Gasteiger partial charge on any atom is 0.0489 e. The van der Waals surface area contributed by atoms with Gasteiger partial charge < -0.3 is 10.2 Å². The number of hydrogen-bond donors (Lipinski definition) is 1. The molecule has 2 nitrogen and oxygen atoms in total. The normalized spacial score (nSPS) is 12.0. The Morgan fingerprint density at radius 3 is 2.21 bits per heavy atom. The molecule has 2 aromatic rings. The summed E-state index contributed by atoms with van der Waals surface area (Å²) in [4.78, 5) is 2.11. The van der Waals surface area contributed by atoms with Crippen molar-refractivity contribution in [2.75, 3.05) is 24.3 Å². The van der Waals surface area contributed by atoms with E-state index in [9.17, 15) is 0 Å². The van der Waals surface area contributed by atoms with Crippen LogP contribution < -0.4 is 10.2 Å². The predicted octanol–water partition coefficient (Wildman–Crippen LogP) is 4.69. The van der Waals surface area contributed by atoms with Gasteiger partial charge in [-0.3, -0.25) is 0 Å². The van der Waals surface area contributed by atoms with Gasteiger partial charge in [-0.05, 0) is 52.7 Å². The lowest BCUT2D eigenvalue weighted by molar-refractivity contribution is 0.883. The molecule has 1 N–H and O–H groups in total. The van der Waals surface area contributed by atoms with Gasteiger partial charge in [0, 0.05) is 36.0 Å². The van der Waals surface area contributed by atoms with E-state index in [0.29, 0.717) is 0 Å². The fourth-order valence-corrected chi connectivity index (χ4v) is 2.36. The Hall–Kier alpha value is -1.48. The number of halogens is 1. The highest BCUT2D eigenvalue weighted by Crippen LogP contribution is 2.26. The third kappa shape index (κ3) is 3.51. The summed E-state index contributed by atoms with van der Waals surface area (Å²) in [5.74, 6) is 0. The second kappa shape index (κ2) is 6.11. The van der Waals surface area contributed by atoms with Crippen LogP contribution in [-0.2, 0) is 0 Å². The molecule has 0 bridgehead atoms.